The molecule has 10 heteroatoms. The van der Waals surface area contributed by atoms with Gasteiger partial charge in [0.25, 0.3) is 0 Å². The van der Waals surface area contributed by atoms with Gasteiger partial charge < -0.3 is 10.4 Å². The summed E-state index contributed by atoms with van der Waals surface area (Å²) < 4.78 is 4.84. The van der Waals surface area contributed by atoms with Gasteiger partial charge in [0.1, 0.15) is 0 Å². The van der Waals surface area contributed by atoms with Crippen molar-refractivity contribution < 1.29 is 14.7 Å². The number of nitrogens with one attached hydrogen (secondary N) is 1. The van der Waals surface area contributed by atoms with Gasteiger partial charge in [0.05, 0.1) is 11.0 Å². The van der Waals surface area contributed by atoms with Crippen LogP contribution in [0, 0.1) is 0 Å². The first-order valence-corrected chi connectivity index (χ1v) is 9.53. The highest BCUT2D eigenvalue weighted by Gasteiger charge is 2.12. The average Bonchev–Trinajstić information content (AvgIpc) is 3.22. The van der Waals surface area contributed by atoms with Gasteiger partial charge in [-0.1, -0.05) is 28.1 Å². The normalized spacial score (nSPS) is 10.7. The SMILES string of the molecule is O=C(CCn1ccc(C(=O)O)n1)Nc1nn(Cc2ccc(Br)cc2)cc1Br. The number of benzene rings is 1. The van der Waals surface area contributed by atoms with Crippen LogP contribution in [0.3, 0.4) is 0 Å². The molecule has 1 aromatic carbocycles. The molecule has 0 aliphatic carbocycles. The highest BCUT2D eigenvalue weighted by Crippen LogP contribution is 2.21. The molecule has 1 amide bonds. The van der Waals surface area contributed by atoms with Crippen molar-refractivity contribution in [3.63, 3.8) is 0 Å². The van der Waals surface area contributed by atoms with Crippen molar-refractivity contribution in [3.8, 4) is 0 Å². The van der Waals surface area contributed by atoms with Gasteiger partial charge in [-0.3, -0.25) is 14.2 Å². The topological polar surface area (TPSA) is 102 Å². The van der Waals surface area contributed by atoms with Gasteiger partial charge in [0, 0.05) is 29.8 Å². The van der Waals surface area contributed by atoms with Gasteiger partial charge in [0.2, 0.25) is 5.91 Å². The van der Waals surface area contributed by atoms with Crippen molar-refractivity contribution in [2.75, 3.05) is 5.32 Å². The van der Waals surface area contributed by atoms with E-state index >= 15 is 0 Å². The molecule has 8 nitrogen and oxygen atoms in total. The van der Waals surface area contributed by atoms with Crippen molar-refractivity contribution in [2.45, 2.75) is 19.5 Å². The minimum absolute atomic E-state index is 0.0511. The summed E-state index contributed by atoms with van der Waals surface area (Å²) in [6, 6.07) is 9.30. The van der Waals surface area contributed by atoms with E-state index < -0.39 is 5.97 Å². The maximum Gasteiger partial charge on any atom is 0.356 e. The summed E-state index contributed by atoms with van der Waals surface area (Å²) in [4.78, 5) is 22.9. The third-order valence-electron chi connectivity index (χ3n) is 3.66. The van der Waals surface area contributed by atoms with E-state index in [1.54, 1.807) is 10.9 Å². The van der Waals surface area contributed by atoms with Crippen LogP contribution in [0.4, 0.5) is 5.82 Å². The Bertz CT molecular complexity index is 965. The lowest BCUT2D eigenvalue weighted by Crippen LogP contribution is -2.16. The lowest BCUT2D eigenvalue weighted by atomic mass is 10.2. The van der Waals surface area contributed by atoms with Crippen molar-refractivity contribution in [2.24, 2.45) is 0 Å². The van der Waals surface area contributed by atoms with Crippen LogP contribution in [0.5, 0.6) is 0 Å². The molecule has 0 aliphatic heterocycles. The van der Waals surface area contributed by atoms with Gasteiger partial charge in [-0.05, 0) is 39.7 Å². The van der Waals surface area contributed by atoms with Crippen LogP contribution in [0.1, 0.15) is 22.5 Å². The Morgan fingerprint density at radius 3 is 2.48 bits per heavy atom. The average molecular weight is 497 g/mol. The molecule has 2 heterocycles. The van der Waals surface area contributed by atoms with E-state index in [9.17, 15) is 9.59 Å². The lowest BCUT2D eigenvalue weighted by molar-refractivity contribution is -0.116. The smallest absolute Gasteiger partial charge is 0.356 e. The summed E-state index contributed by atoms with van der Waals surface area (Å²) in [5.74, 6) is -0.904. The molecule has 0 bridgehead atoms. The number of aryl methyl sites for hydroxylation is 1. The number of anilines is 1. The van der Waals surface area contributed by atoms with Crippen molar-refractivity contribution >= 4 is 49.6 Å². The van der Waals surface area contributed by atoms with Gasteiger partial charge in [-0.2, -0.15) is 10.2 Å². The molecule has 0 saturated carbocycles. The molecule has 0 atom stereocenters. The zero-order chi connectivity index (χ0) is 19.4. The molecular formula is C17H15Br2N5O3. The molecular weight excluding hydrogens is 482 g/mol. The molecule has 2 aromatic heterocycles. The number of carbonyl (C=O) groups is 2. The molecule has 0 fully saturated rings. The number of rotatable bonds is 7. The van der Waals surface area contributed by atoms with Crippen LogP contribution in [-0.4, -0.2) is 36.5 Å². The molecule has 2 N–H and O–H groups in total. The van der Waals surface area contributed by atoms with E-state index in [2.05, 4.69) is 47.4 Å². The van der Waals surface area contributed by atoms with Crippen LogP contribution < -0.4 is 5.32 Å². The van der Waals surface area contributed by atoms with E-state index in [1.165, 1.54) is 16.9 Å². The molecule has 3 rings (SSSR count). The fraction of sp³-hybridized carbons (Fsp3) is 0.176. The molecule has 0 spiro atoms. The molecule has 140 valence electrons. The van der Waals surface area contributed by atoms with Crippen LogP contribution in [-0.2, 0) is 17.9 Å². The molecule has 0 unspecified atom stereocenters. The fourth-order valence-corrected chi connectivity index (χ4v) is 3.03. The first kappa shape index (κ1) is 19.3. The molecule has 3 aromatic rings. The first-order valence-electron chi connectivity index (χ1n) is 7.95. The van der Waals surface area contributed by atoms with E-state index in [0.29, 0.717) is 16.8 Å². The van der Waals surface area contributed by atoms with Crippen LogP contribution in [0.25, 0.3) is 0 Å². The highest BCUT2D eigenvalue weighted by molar-refractivity contribution is 9.10. The lowest BCUT2D eigenvalue weighted by Gasteiger charge is -2.04. The zero-order valence-electron chi connectivity index (χ0n) is 14.0. The van der Waals surface area contributed by atoms with E-state index in [0.717, 1.165) is 10.0 Å². The third kappa shape index (κ3) is 5.27. The number of hydrogen-bond donors (Lipinski definition) is 2. The molecule has 0 saturated heterocycles. The Hall–Kier alpha value is -2.46. The number of halogens is 2. The number of aromatic carboxylic acids is 1. The maximum absolute atomic E-state index is 12.1. The Labute approximate surface area is 171 Å². The van der Waals surface area contributed by atoms with Gasteiger partial charge in [-0.25, -0.2) is 4.79 Å². The summed E-state index contributed by atoms with van der Waals surface area (Å²) in [6.45, 7) is 0.851. The Morgan fingerprint density at radius 1 is 1.07 bits per heavy atom. The van der Waals surface area contributed by atoms with Crippen LogP contribution in [0.15, 0.2) is 51.7 Å². The molecule has 27 heavy (non-hydrogen) atoms. The quantitative estimate of drug-likeness (QED) is 0.522. The van der Waals surface area contributed by atoms with Gasteiger partial charge in [0.15, 0.2) is 11.5 Å². The predicted molar refractivity (Wildman–Crippen MR) is 106 cm³/mol. The highest BCUT2D eigenvalue weighted by atomic mass is 79.9. The van der Waals surface area contributed by atoms with Crippen molar-refractivity contribution in [1.29, 1.82) is 0 Å². The number of carboxylic acid groups (broad SMARTS) is 1. The van der Waals surface area contributed by atoms with Gasteiger partial charge in [-0.15, -0.1) is 0 Å². The monoisotopic (exact) mass is 495 g/mol. The number of nitrogens with zero attached hydrogens (tertiary/aromatic N) is 4. The maximum atomic E-state index is 12.1. The van der Waals surface area contributed by atoms with Crippen LogP contribution in [0.2, 0.25) is 0 Å². The van der Waals surface area contributed by atoms with Crippen molar-refractivity contribution in [3.05, 3.63) is 62.9 Å². The Morgan fingerprint density at radius 2 is 1.81 bits per heavy atom. The van der Waals surface area contributed by atoms with Gasteiger partial charge >= 0.3 is 5.97 Å². The number of hydrogen-bond acceptors (Lipinski definition) is 4. The second-order valence-electron chi connectivity index (χ2n) is 5.72. The predicted octanol–water partition coefficient (Wildman–Crippen LogP) is 3.38. The minimum Gasteiger partial charge on any atom is -0.476 e. The standard InChI is InChI=1S/C17H15Br2N5O3/c18-12-3-1-11(2-4-12)9-24-10-13(19)16(22-24)20-15(25)6-8-23-7-5-14(21-23)17(26)27/h1-5,7,10H,6,8-9H2,(H,26,27)(H,20,22,25). The third-order valence-corrected chi connectivity index (χ3v) is 4.77. The summed E-state index contributed by atoms with van der Waals surface area (Å²) in [6.07, 6.45) is 3.47. The fourth-order valence-electron chi connectivity index (χ4n) is 2.35. The van der Waals surface area contributed by atoms with E-state index in [4.69, 9.17) is 5.11 Å². The number of amides is 1. The van der Waals surface area contributed by atoms with Crippen molar-refractivity contribution in [1.82, 2.24) is 19.6 Å². The molecule has 0 radical (unpaired) electrons. The summed E-state index contributed by atoms with van der Waals surface area (Å²) in [5.41, 5.74) is 1.03. The Kier molecular flexibility index (Phi) is 6.07. The summed E-state index contributed by atoms with van der Waals surface area (Å²) in [5, 5.41) is 19.8. The summed E-state index contributed by atoms with van der Waals surface area (Å²) >= 11 is 6.80. The number of carboxylic acids is 1. The zero-order valence-corrected chi connectivity index (χ0v) is 17.1. The second-order valence-corrected chi connectivity index (χ2v) is 7.49. The first-order chi connectivity index (χ1) is 12.9. The van der Waals surface area contributed by atoms with Crippen LogP contribution >= 0.6 is 31.9 Å². The number of aromatic nitrogens is 4. The minimum atomic E-state index is -1.10. The summed E-state index contributed by atoms with van der Waals surface area (Å²) in [7, 11) is 0. The Balaban J connectivity index is 1.56. The van der Waals surface area contributed by atoms with E-state index in [-0.39, 0.29) is 24.6 Å². The van der Waals surface area contributed by atoms with E-state index in [1.807, 2.05) is 24.3 Å². The largest absolute Gasteiger partial charge is 0.476 e. The molecule has 0 aliphatic rings. The second kappa shape index (κ2) is 8.49. The number of carbonyl (C=O) groups excluding carboxylic acids is 1.